The molecule has 0 fully saturated rings. The number of amides is 1. The molecule has 0 heterocycles. The first-order valence-corrected chi connectivity index (χ1v) is 10.6. The van der Waals surface area contributed by atoms with Crippen LogP contribution >= 0.6 is 0 Å². The van der Waals surface area contributed by atoms with Crippen LogP contribution in [-0.4, -0.2) is 52.4 Å². The van der Waals surface area contributed by atoms with Crippen molar-refractivity contribution in [2.45, 2.75) is 26.8 Å². The van der Waals surface area contributed by atoms with Gasteiger partial charge in [0.2, 0.25) is 0 Å². The standard InChI is InChI=1S/C25H32N2O6/c1-7-27(17(2)3)20-11-9-19(10-12-20)26-24(28)16-33-25(29)13-8-18-14-22(31-5)23(32-6)15-21(18)30-4/h8-15,17H,7,16H2,1-6H3,(H,26,28)/b13-8+. The van der Waals surface area contributed by atoms with Gasteiger partial charge in [-0.25, -0.2) is 4.79 Å². The minimum Gasteiger partial charge on any atom is -0.496 e. The van der Waals surface area contributed by atoms with Crippen molar-refractivity contribution in [3.8, 4) is 17.2 Å². The second kappa shape index (κ2) is 12.4. The van der Waals surface area contributed by atoms with Crippen LogP contribution in [0.15, 0.2) is 42.5 Å². The summed E-state index contributed by atoms with van der Waals surface area (Å²) in [6.45, 7) is 6.84. The summed E-state index contributed by atoms with van der Waals surface area (Å²) in [5.74, 6) is 0.409. The maximum absolute atomic E-state index is 12.2. The predicted molar refractivity (Wildman–Crippen MR) is 129 cm³/mol. The molecule has 0 spiro atoms. The third-order valence-corrected chi connectivity index (χ3v) is 4.93. The van der Waals surface area contributed by atoms with Crippen LogP contribution < -0.4 is 24.4 Å². The van der Waals surface area contributed by atoms with Crippen LogP contribution in [-0.2, 0) is 14.3 Å². The number of nitrogens with zero attached hydrogens (tertiary/aromatic N) is 1. The average molecular weight is 457 g/mol. The normalized spacial score (nSPS) is 10.8. The molecule has 0 aliphatic rings. The highest BCUT2D eigenvalue weighted by Crippen LogP contribution is 2.35. The first-order valence-electron chi connectivity index (χ1n) is 10.6. The summed E-state index contributed by atoms with van der Waals surface area (Å²) in [4.78, 5) is 26.5. The van der Waals surface area contributed by atoms with Gasteiger partial charge in [0.15, 0.2) is 18.1 Å². The lowest BCUT2D eigenvalue weighted by Gasteiger charge is -2.27. The van der Waals surface area contributed by atoms with Gasteiger partial charge in [0.05, 0.1) is 21.3 Å². The van der Waals surface area contributed by atoms with Crippen molar-refractivity contribution in [3.05, 3.63) is 48.0 Å². The monoisotopic (exact) mass is 456 g/mol. The molecule has 2 aromatic rings. The number of nitrogens with one attached hydrogen (secondary N) is 1. The van der Waals surface area contributed by atoms with Crippen LogP contribution in [0.2, 0.25) is 0 Å². The molecule has 0 atom stereocenters. The highest BCUT2D eigenvalue weighted by molar-refractivity contribution is 5.95. The van der Waals surface area contributed by atoms with E-state index in [1.807, 2.05) is 24.3 Å². The maximum atomic E-state index is 12.2. The predicted octanol–water partition coefficient (Wildman–Crippen LogP) is 4.14. The maximum Gasteiger partial charge on any atom is 0.331 e. The number of anilines is 2. The van der Waals surface area contributed by atoms with Gasteiger partial charge in [-0.3, -0.25) is 4.79 Å². The molecule has 2 aromatic carbocycles. The molecule has 0 unspecified atom stereocenters. The zero-order valence-electron chi connectivity index (χ0n) is 20.0. The van der Waals surface area contributed by atoms with Gasteiger partial charge in [-0.2, -0.15) is 0 Å². The van der Waals surface area contributed by atoms with E-state index in [2.05, 4.69) is 31.0 Å². The fourth-order valence-corrected chi connectivity index (χ4v) is 3.30. The van der Waals surface area contributed by atoms with Gasteiger partial charge >= 0.3 is 5.97 Å². The van der Waals surface area contributed by atoms with Crippen molar-refractivity contribution < 1.29 is 28.5 Å². The molecule has 1 N–H and O–H groups in total. The highest BCUT2D eigenvalue weighted by atomic mass is 16.5. The Balaban J connectivity index is 1.93. The quantitative estimate of drug-likeness (QED) is 0.402. The summed E-state index contributed by atoms with van der Waals surface area (Å²) in [7, 11) is 4.55. The number of hydrogen-bond acceptors (Lipinski definition) is 7. The van der Waals surface area contributed by atoms with Gasteiger partial charge in [0.25, 0.3) is 5.91 Å². The van der Waals surface area contributed by atoms with Gasteiger partial charge in [-0.05, 0) is 57.2 Å². The summed E-state index contributed by atoms with van der Waals surface area (Å²) in [6.07, 6.45) is 2.74. The Hall–Kier alpha value is -3.68. The van der Waals surface area contributed by atoms with E-state index >= 15 is 0 Å². The van der Waals surface area contributed by atoms with Crippen LogP contribution in [0.5, 0.6) is 17.2 Å². The van der Waals surface area contributed by atoms with E-state index in [0.29, 0.717) is 34.5 Å². The Labute approximate surface area is 195 Å². The summed E-state index contributed by atoms with van der Waals surface area (Å²) in [5, 5.41) is 2.72. The highest BCUT2D eigenvalue weighted by Gasteiger charge is 2.12. The van der Waals surface area contributed by atoms with E-state index in [1.165, 1.54) is 33.5 Å². The van der Waals surface area contributed by atoms with Crippen molar-refractivity contribution in [3.63, 3.8) is 0 Å². The Morgan fingerprint density at radius 2 is 1.58 bits per heavy atom. The van der Waals surface area contributed by atoms with Crippen molar-refractivity contribution in [2.24, 2.45) is 0 Å². The molecule has 0 radical (unpaired) electrons. The summed E-state index contributed by atoms with van der Waals surface area (Å²) in [6, 6.07) is 11.3. The second-order valence-electron chi connectivity index (χ2n) is 7.36. The molecule has 33 heavy (non-hydrogen) atoms. The molecule has 0 aliphatic heterocycles. The van der Waals surface area contributed by atoms with E-state index in [-0.39, 0.29) is 0 Å². The van der Waals surface area contributed by atoms with Crippen molar-refractivity contribution in [2.75, 3.05) is 44.7 Å². The van der Waals surface area contributed by atoms with E-state index in [1.54, 1.807) is 12.1 Å². The van der Waals surface area contributed by atoms with Gasteiger partial charge in [-0.15, -0.1) is 0 Å². The van der Waals surface area contributed by atoms with Crippen LogP contribution in [0.25, 0.3) is 6.08 Å². The number of carbonyl (C=O) groups excluding carboxylic acids is 2. The molecular formula is C25H32N2O6. The topological polar surface area (TPSA) is 86.3 Å². The largest absolute Gasteiger partial charge is 0.496 e. The lowest BCUT2D eigenvalue weighted by Crippen LogP contribution is -2.30. The van der Waals surface area contributed by atoms with Crippen molar-refractivity contribution in [1.82, 2.24) is 0 Å². The lowest BCUT2D eigenvalue weighted by atomic mass is 10.1. The Morgan fingerprint density at radius 1 is 0.970 bits per heavy atom. The van der Waals surface area contributed by atoms with E-state index in [4.69, 9.17) is 18.9 Å². The minimum absolute atomic E-state index is 0.377. The third kappa shape index (κ3) is 7.17. The number of methoxy groups -OCH3 is 3. The second-order valence-corrected chi connectivity index (χ2v) is 7.36. The molecule has 0 bridgehead atoms. The molecule has 8 nitrogen and oxygen atoms in total. The van der Waals surface area contributed by atoms with Gasteiger partial charge in [0, 0.05) is 41.7 Å². The summed E-state index contributed by atoms with van der Waals surface area (Å²) in [5.41, 5.74) is 2.30. The van der Waals surface area contributed by atoms with Crippen molar-refractivity contribution in [1.29, 1.82) is 0 Å². The smallest absolute Gasteiger partial charge is 0.331 e. The number of carbonyl (C=O) groups is 2. The SMILES string of the molecule is CCN(c1ccc(NC(=O)COC(=O)/C=C/c2cc(OC)c(OC)cc2OC)cc1)C(C)C. The van der Waals surface area contributed by atoms with E-state index in [0.717, 1.165) is 12.2 Å². The molecule has 2 rings (SSSR count). The van der Waals surface area contributed by atoms with Crippen LogP contribution in [0.1, 0.15) is 26.3 Å². The average Bonchev–Trinajstić information content (AvgIpc) is 2.82. The number of esters is 1. The van der Waals surface area contributed by atoms with E-state index < -0.39 is 18.5 Å². The Kier molecular flexibility index (Phi) is 9.60. The first-order chi connectivity index (χ1) is 15.8. The summed E-state index contributed by atoms with van der Waals surface area (Å²) < 4.78 is 20.9. The fourth-order valence-electron chi connectivity index (χ4n) is 3.30. The number of benzene rings is 2. The van der Waals surface area contributed by atoms with Gasteiger partial charge < -0.3 is 29.2 Å². The molecule has 0 aromatic heterocycles. The first kappa shape index (κ1) is 25.6. The third-order valence-electron chi connectivity index (χ3n) is 4.93. The number of ether oxygens (including phenoxy) is 4. The van der Waals surface area contributed by atoms with Crippen LogP contribution in [0.4, 0.5) is 11.4 Å². The van der Waals surface area contributed by atoms with Crippen LogP contribution in [0.3, 0.4) is 0 Å². The zero-order chi connectivity index (χ0) is 24.4. The zero-order valence-corrected chi connectivity index (χ0v) is 20.0. The number of hydrogen-bond donors (Lipinski definition) is 1. The van der Waals surface area contributed by atoms with E-state index in [9.17, 15) is 9.59 Å². The molecule has 0 saturated heterocycles. The van der Waals surface area contributed by atoms with Gasteiger partial charge in [0.1, 0.15) is 5.75 Å². The lowest BCUT2D eigenvalue weighted by molar-refractivity contribution is -0.142. The number of rotatable bonds is 11. The fraction of sp³-hybridized carbons (Fsp3) is 0.360. The molecule has 1 amide bonds. The molecular weight excluding hydrogens is 424 g/mol. The van der Waals surface area contributed by atoms with Crippen molar-refractivity contribution >= 4 is 29.3 Å². The van der Waals surface area contributed by atoms with Gasteiger partial charge in [-0.1, -0.05) is 0 Å². The molecule has 178 valence electrons. The van der Waals surface area contributed by atoms with Crippen LogP contribution in [0, 0.1) is 0 Å². The Bertz CT molecular complexity index is 970. The molecule has 0 saturated carbocycles. The molecule has 0 aliphatic carbocycles. The Morgan fingerprint density at radius 3 is 2.12 bits per heavy atom. The minimum atomic E-state index is -0.659. The molecule has 8 heteroatoms. The summed E-state index contributed by atoms with van der Waals surface area (Å²) >= 11 is 0.